The fraction of sp³-hybridized carbons (Fsp3) is 0.286. The van der Waals surface area contributed by atoms with Crippen LogP contribution >= 0.6 is 0 Å². The van der Waals surface area contributed by atoms with Gasteiger partial charge < -0.3 is 10.2 Å². The lowest BCUT2D eigenvalue weighted by Crippen LogP contribution is -2.33. The smallest absolute Gasteiger partial charge is 0.352 e. The van der Waals surface area contributed by atoms with Gasteiger partial charge in [-0.05, 0) is 29.8 Å². The number of alkyl halides is 3. The van der Waals surface area contributed by atoms with E-state index in [-0.39, 0.29) is 38.3 Å². The number of carbonyl (C=O) groups excluding carboxylic acids is 2. The molecule has 0 atom stereocenters. The van der Waals surface area contributed by atoms with Crippen LogP contribution in [0.4, 0.5) is 18.9 Å². The first kappa shape index (κ1) is 22.0. The molecule has 0 aliphatic rings. The Labute approximate surface area is 166 Å². The number of amides is 2. The van der Waals surface area contributed by atoms with Crippen LogP contribution in [0.25, 0.3) is 0 Å². The number of nitriles is 1. The average Bonchev–Trinajstić information content (AvgIpc) is 2.71. The third-order valence-corrected chi connectivity index (χ3v) is 4.13. The van der Waals surface area contributed by atoms with E-state index in [1.54, 1.807) is 30.3 Å². The Hall–Kier alpha value is -3.34. The van der Waals surface area contributed by atoms with Gasteiger partial charge >= 0.3 is 6.18 Å². The lowest BCUT2D eigenvalue weighted by molar-refractivity contribution is -0.137. The molecule has 0 heterocycles. The number of halogens is 3. The number of rotatable bonds is 8. The van der Waals surface area contributed by atoms with Crippen LogP contribution in [0.2, 0.25) is 0 Å². The largest absolute Gasteiger partial charge is 0.416 e. The molecule has 5 nitrogen and oxygen atoms in total. The van der Waals surface area contributed by atoms with E-state index in [1.165, 1.54) is 17.0 Å². The topological polar surface area (TPSA) is 73.2 Å². The SMILES string of the molecule is N#CCCN(C(=O)CCC(=O)NCc1cccc(C(F)(F)F)c1)c1ccccc1. The van der Waals surface area contributed by atoms with Gasteiger partial charge in [-0.2, -0.15) is 18.4 Å². The second kappa shape index (κ2) is 10.3. The quantitative estimate of drug-likeness (QED) is 0.723. The summed E-state index contributed by atoms with van der Waals surface area (Å²) in [5, 5.41) is 11.3. The van der Waals surface area contributed by atoms with Gasteiger partial charge in [0.1, 0.15) is 0 Å². The molecule has 1 N–H and O–H groups in total. The van der Waals surface area contributed by atoms with Gasteiger partial charge in [-0.25, -0.2) is 0 Å². The molecule has 8 heteroatoms. The van der Waals surface area contributed by atoms with E-state index in [0.29, 0.717) is 11.3 Å². The molecule has 152 valence electrons. The molecule has 29 heavy (non-hydrogen) atoms. The van der Waals surface area contributed by atoms with Crippen LogP contribution in [0.1, 0.15) is 30.4 Å². The van der Waals surface area contributed by atoms with E-state index < -0.39 is 17.6 Å². The van der Waals surface area contributed by atoms with Crippen molar-refractivity contribution >= 4 is 17.5 Å². The standard InChI is InChI=1S/C21H20F3N3O2/c22-21(23,24)17-7-4-6-16(14-17)15-26-19(28)10-11-20(29)27(13-5-12-25)18-8-2-1-3-9-18/h1-4,6-9,14H,5,10-11,13,15H2,(H,26,28). The van der Waals surface area contributed by atoms with Gasteiger partial charge in [-0.3, -0.25) is 9.59 Å². The minimum atomic E-state index is -4.45. The third-order valence-electron chi connectivity index (χ3n) is 4.13. The van der Waals surface area contributed by atoms with Crippen LogP contribution in [-0.4, -0.2) is 18.4 Å². The number of carbonyl (C=O) groups is 2. The summed E-state index contributed by atoms with van der Waals surface area (Å²) in [6.07, 6.45) is -4.47. The molecule has 0 saturated carbocycles. The molecule has 0 unspecified atom stereocenters. The number of nitrogens with one attached hydrogen (secondary N) is 1. The molecule has 2 aromatic rings. The lowest BCUT2D eigenvalue weighted by atomic mass is 10.1. The highest BCUT2D eigenvalue weighted by Gasteiger charge is 2.30. The molecule has 0 bridgehead atoms. The zero-order chi connectivity index (χ0) is 21.3. The van der Waals surface area contributed by atoms with Gasteiger partial charge in [0.25, 0.3) is 0 Å². The summed E-state index contributed by atoms with van der Waals surface area (Å²) in [6.45, 7) is 0.152. The first-order valence-electron chi connectivity index (χ1n) is 8.96. The van der Waals surface area contributed by atoms with Crippen LogP contribution in [0, 0.1) is 11.3 Å². The predicted molar refractivity (Wildman–Crippen MR) is 102 cm³/mol. The Morgan fingerprint density at radius 3 is 2.41 bits per heavy atom. The van der Waals surface area contributed by atoms with Gasteiger partial charge in [0.15, 0.2) is 0 Å². The zero-order valence-electron chi connectivity index (χ0n) is 15.6. The highest BCUT2D eigenvalue weighted by molar-refractivity contribution is 5.95. The average molecular weight is 403 g/mol. The first-order chi connectivity index (χ1) is 13.8. The van der Waals surface area contributed by atoms with Crippen molar-refractivity contribution in [1.29, 1.82) is 5.26 Å². The summed E-state index contributed by atoms with van der Waals surface area (Å²) in [5.41, 5.74) is 0.173. The molecule has 2 amide bonds. The third kappa shape index (κ3) is 6.96. The van der Waals surface area contributed by atoms with E-state index >= 15 is 0 Å². The molecular formula is C21H20F3N3O2. The summed E-state index contributed by atoms with van der Waals surface area (Å²) >= 11 is 0. The maximum atomic E-state index is 12.7. The fourth-order valence-corrected chi connectivity index (χ4v) is 2.67. The summed E-state index contributed by atoms with van der Waals surface area (Å²) in [6, 6.07) is 15.5. The predicted octanol–water partition coefficient (Wildman–Crippen LogP) is 4.05. The molecule has 0 radical (unpaired) electrons. The maximum absolute atomic E-state index is 12.7. The van der Waals surface area contributed by atoms with Crippen LogP contribution in [0.5, 0.6) is 0 Å². The minimum absolute atomic E-state index is 0.0617. The Kier molecular flexibility index (Phi) is 7.78. The van der Waals surface area contributed by atoms with Crippen molar-refractivity contribution in [3.63, 3.8) is 0 Å². The van der Waals surface area contributed by atoms with Crippen molar-refractivity contribution < 1.29 is 22.8 Å². The minimum Gasteiger partial charge on any atom is -0.352 e. The Morgan fingerprint density at radius 2 is 1.76 bits per heavy atom. The number of hydrogen-bond acceptors (Lipinski definition) is 3. The van der Waals surface area contributed by atoms with Gasteiger partial charge in [-0.15, -0.1) is 0 Å². The van der Waals surface area contributed by atoms with Crippen molar-refractivity contribution in [2.75, 3.05) is 11.4 Å². The van der Waals surface area contributed by atoms with Crippen molar-refractivity contribution in [3.05, 3.63) is 65.7 Å². The van der Waals surface area contributed by atoms with Crippen molar-refractivity contribution in [1.82, 2.24) is 5.32 Å². The second-order valence-corrected chi connectivity index (χ2v) is 6.26. The first-order valence-corrected chi connectivity index (χ1v) is 8.96. The second-order valence-electron chi connectivity index (χ2n) is 6.26. The Morgan fingerprint density at radius 1 is 1.03 bits per heavy atom. The van der Waals surface area contributed by atoms with Crippen molar-refractivity contribution in [2.45, 2.75) is 32.0 Å². The molecule has 0 fully saturated rings. The van der Waals surface area contributed by atoms with E-state index in [9.17, 15) is 22.8 Å². The van der Waals surface area contributed by atoms with Crippen molar-refractivity contribution in [3.8, 4) is 6.07 Å². The van der Waals surface area contributed by atoms with Gasteiger partial charge in [0.05, 0.1) is 18.1 Å². The Bertz CT molecular complexity index is 877. The van der Waals surface area contributed by atoms with E-state index in [0.717, 1.165) is 12.1 Å². The fourth-order valence-electron chi connectivity index (χ4n) is 2.67. The van der Waals surface area contributed by atoms with E-state index in [4.69, 9.17) is 5.26 Å². The molecule has 2 aromatic carbocycles. The number of benzene rings is 2. The number of hydrogen-bond donors (Lipinski definition) is 1. The summed E-state index contributed by atoms with van der Waals surface area (Å²) in [5.74, 6) is -0.746. The molecule has 0 aromatic heterocycles. The van der Waals surface area contributed by atoms with Crippen LogP contribution in [-0.2, 0) is 22.3 Å². The van der Waals surface area contributed by atoms with Crippen LogP contribution in [0.3, 0.4) is 0 Å². The normalized spacial score (nSPS) is 10.8. The van der Waals surface area contributed by atoms with Gasteiger partial charge in [0, 0.05) is 31.6 Å². The molecule has 2 rings (SSSR count). The van der Waals surface area contributed by atoms with Crippen molar-refractivity contribution in [2.24, 2.45) is 0 Å². The Balaban J connectivity index is 1.89. The van der Waals surface area contributed by atoms with Gasteiger partial charge in [-0.1, -0.05) is 30.3 Å². The highest BCUT2D eigenvalue weighted by Crippen LogP contribution is 2.29. The van der Waals surface area contributed by atoms with Crippen LogP contribution < -0.4 is 10.2 Å². The number of anilines is 1. The molecule has 0 aliphatic carbocycles. The summed E-state index contributed by atoms with van der Waals surface area (Å²) in [4.78, 5) is 26.0. The molecule has 0 saturated heterocycles. The maximum Gasteiger partial charge on any atom is 0.416 e. The lowest BCUT2D eigenvalue weighted by Gasteiger charge is -2.21. The molecule has 0 aliphatic heterocycles. The number of nitrogens with zero attached hydrogens (tertiary/aromatic N) is 2. The number of para-hydroxylation sites is 1. The van der Waals surface area contributed by atoms with E-state index in [2.05, 4.69) is 5.32 Å². The molecular weight excluding hydrogens is 383 g/mol. The monoisotopic (exact) mass is 403 g/mol. The zero-order valence-corrected chi connectivity index (χ0v) is 15.6. The van der Waals surface area contributed by atoms with Gasteiger partial charge in [0.2, 0.25) is 11.8 Å². The molecule has 0 spiro atoms. The highest BCUT2D eigenvalue weighted by atomic mass is 19.4. The van der Waals surface area contributed by atoms with Crippen LogP contribution in [0.15, 0.2) is 54.6 Å². The summed E-state index contributed by atoms with van der Waals surface area (Å²) in [7, 11) is 0. The summed E-state index contributed by atoms with van der Waals surface area (Å²) < 4.78 is 38.2. The van der Waals surface area contributed by atoms with E-state index in [1.807, 2.05) is 6.07 Å².